The highest BCUT2D eigenvalue weighted by Gasteiger charge is 2.14. The maximum absolute atomic E-state index is 6.29. The maximum atomic E-state index is 6.29. The molecule has 1 heterocycles. The topological polar surface area (TPSA) is 35.2 Å². The molecule has 0 radical (unpaired) electrons. The second-order valence-corrected chi connectivity index (χ2v) is 6.92. The lowest BCUT2D eigenvalue weighted by atomic mass is 10.1. The Morgan fingerprint density at radius 2 is 1.94 bits per heavy atom. The van der Waals surface area contributed by atoms with E-state index in [1.807, 2.05) is 18.2 Å². The van der Waals surface area contributed by atoms with Crippen molar-refractivity contribution in [3.63, 3.8) is 0 Å². The van der Waals surface area contributed by atoms with Gasteiger partial charge in [0.05, 0.1) is 17.6 Å². The summed E-state index contributed by atoms with van der Waals surface area (Å²) in [7, 11) is 1.65. The van der Waals surface area contributed by atoms with E-state index in [1.54, 1.807) is 18.4 Å². The van der Waals surface area contributed by atoms with Gasteiger partial charge in [-0.25, -0.2) is 0 Å². The first-order chi connectivity index (χ1) is 8.52. The Bertz CT molecular complexity index is 549. The van der Waals surface area contributed by atoms with Crippen LogP contribution >= 0.6 is 43.2 Å². The fourth-order valence-corrected chi connectivity index (χ4v) is 3.82. The van der Waals surface area contributed by atoms with Gasteiger partial charge in [-0.1, -0.05) is 6.07 Å². The molecular formula is C13H13Br2NOS. The van der Waals surface area contributed by atoms with Crippen LogP contribution in [0.5, 0.6) is 5.75 Å². The largest absolute Gasteiger partial charge is 0.496 e. The van der Waals surface area contributed by atoms with E-state index in [1.165, 1.54) is 4.88 Å². The summed E-state index contributed by atoms with van der Waals surface area (Å²) < 4.78 is 7.25. The zero-order valence-electron chi connectivity index (χ0n) is 10.0. The summed E-state index contributed by atoms with van der Waals surface area (Å²) in [4.78, 5) is 2.39. The maximum Gasteiger partial charge on any atom is 0.133 e. The predicted molar refractivity (Wildman–Crippen MR) is 83.5 cm³/mol. The van der Waals surface area contributed by atoms with Gasteiger partial charge >= 0.3 is 0 Å². The van der Waals surface area contributed by atoms with Crippen molar-refractivity contribution in [1.29, 1.82) is 0 Å². The first-order valence-corrected chi connectivity index (χ1v) is 7.78. The summed E-state index contributed by atoms with van der Waals surface area (Å²) in [5, 5.41) is 0. The van der Waals surface area contributed by atoms with Crippen molar-refractivity contribution in [2.75, 3.05) is 7.11 Å². The van der Waals surface area contributed by atoms with Crippen molar-refractivity contribution >= 4 is 43.2 Å². The average Bonchev–Trinajstić information content (AvgIpc) is 2.68. The molecule has 2 nitrogen and oxygen atoms in total. The molecule has 0 amide bonds. The van der Waals surface area contributed by atoms with E-state index in [9.17, 15) is 0 Å². The summed E-state index contributed by atoms with van der Waals surface area (Å²) in [6, 6.07) is 7.91. The number of benzene rings is 1. The fraction of sp³-hybridized carbons (Fsp3) is 0.231. The molecule has 1 aromatic carbocycles. The van der Waals surface area contributed by atoms with E-state index in [0.29, 0.717) is 0 Å². The second-order valence-electron chi connectivity index (χ2n) is 3.92. The van der Waals surface area contributed by atoms with Crippen LogP contribution in [0.15, 0.2) is 33.2 Å². The lowest BCUT2D eigenvalue weighted by molar-refractivity contribution is 0.412. The molecule has 0 saturated carbocycles. The van der Waals surface area contributed by atoms with Crippen molar-refractivity contribution in [3.05, 3.63) is 48.5 Å². The van der Waals surface area contributed by atoms with Gasteiger partial charge in [-0.15, -0.1) is 11.3 Å². The van der Waals surface area contributed by atoms with Crippen LogP contribution in [0.25, 0.3) is 0 Å². The summed E-state index contributed by atoms with van der Waals surface area (Å²) in [5.41, 5.74) is 7.35. The minimum atomic E-state index is -0.109. The Labute approximate surface area is 127 Å². The van der Waals surface area contributed by atoms with Crippen molar-refractivity contribution < 1.29 is 4.74 Å². The third-order valence-electron chi connectivity index (χ3n) is 2.72. The minimum absolute atomic E-state index is 0.109. The molecule has 0 spiro atoms. The summed E-state index contributed by atoms with van der Waals surface area (Å²) in [6.45, 7) is 2.08. The van der Waals surface area contributed by atoms with Gasteiger partial charge in [0.25, 0.3) is 0 Å². The quantitative estimate of drug-likeness (QED) is 0.828. The van der Waals surface area contributed by atoms with Crippen molar-refractivity contribution in [3.8, 4) is 5.75 Å². The lowest BCUT2D eigenvalue weighted by Crippen LogP contribution is -2.10. The number of hydrogen-bond acceptors (Lipinski definition) is 3. The Balaban J connectivity index is 2.33. The standard InChI is InChI=1S/C13H13Br2NOS/c1-7-9(14)6-12(18-7)13(16)8-3-4-11(17-2)10(15)5-8/h3-6,13H,16H2,1-2H3. The molecule has 1 unspecified atom stereocenters. The van der Waals surface area contributed by atoms with Crippen molar-refractivity contribution in [2.24, 2.45) is 5.73 Å². The van der Waals surface area contributed by atoms with Crippen LogP contribution in [-0.4, -0.2) is 7.11 Å². The normalized spacial score (nSPS) is 12.5. The third kappa shape index (κ3) is 2.79. The lowest BCUT2D eigenvalue weighted by Gasteiger charge is -2.12. The zero-order valence-corrected chi connectivity index (χ0v) is 14.0. The summed E-state index contributed by atoms with van der Waals surface area (Å²) in [6.07, 6.45) is 0. The first-order valence-electron chi connectivity index (χ1n) is 5.37. The number of nitrogens with two attached hydrogens (primary N) is 1. The van der Waals surface area contributed by atoms with E-state index in [0.717, 1.165) is 25.1 Å². The molecule has 1 atom stereocenters. The van der Waals surface area contributed by atoms with Gasteiger partial charge in [-0.05, 0) is 62.5 Å². The molecule has 0 bridgehead atoms. The van der Waals surface area contributed by atoms with Gasteiger partial charge < -0.3 is 10.5 Å². The van der Waals surface area contributed by atoms with Gasteiger partial charge in [0.2, 0.25) is 0 Å². The molecule has 18 heavy (non-hydrogen) atoms. The highest BCUT2D eigenvalue weighted by molar-refractivity contribution is 9.10. The molecule has 0 aliphatic rings. The molecule has 0 aliphatic carbocycles. The van der Waals surface area contributed by atoms with Crippen LogP contribution in [0.4, 0.5) is 0 Å². The Morgan fingerprint density at radius 3 is 2.44 bits per heavy atom. The number of thiophene rings is 1. The molecular weight excluding hydrogens is 378 g/mol. The zero-order chi connectivity index (χ0) is 13.3. The van der Waals surface area contributed by atoms with E-state index in [-0.39, 0.29) is 6.04 Å². The fourth-order valence-electron chi connectivity index (χ4n) is 1.68. The van der Waals surface area contributed by atoms with Gasteiger partial charge in [-0.3, -0.25) is 0 Å². The number of halogens is 2. The first kappa shape index (κ1) is 14.1. The van der Waals surface area contributed by atoms with E-state index >= 15 is 0 Å². The van der Waals surface area contributed by atoms with Crippen LogP contribution in [0.1, 0.15) is 21.4 Å². The van der Waals surface area contributed by atoms with E-state index in [2.05, 4.69) is 44.8 Å². The van der Waals surface area contributed by atoms with Gasteiger partial charge in [0.1, 0.15) is 5.75 Å². The number of methoxy groups -OCH3 is 1. The van der Waals surface area contributed by atoms with E-state index < -0.39 is 0 Å². The average molecular weight is 391 g/mol. The summed E-state index contributed by atoms with van der Waals surface area (Å²) >= 11 is 8.72. The Morgan fingerprint density at radius 1 is 1.22 bits per heavy atom. The number of rotatable bonds is 3. The highest BCUT2D eigenvalue weighted by atomic mass is 79.9. The molecule has 0 aliphatic heterocycles. The predicted octanol–water partition coefficient (Wildman–Crippen LogP) is 4.64. The highest BCUT2D eigenvalue weighted by Crippen LogP contribution is 2.34. The van der Waals surface area contributed by atoms with Gasteiger partial charge in [0, 0.05) is 14.2 Å². The number of aryl methyl sites for hydroxylation is 1. The molecule has 2 N–H and O–H groups in total. The second kappa shape index (κ2) is 5.74. The van der Waals surface area contributed by atoms with Crippen LogP contribution in [0.2, 0.25) is 0 Å². The summed E-state index contributed by atoms with van der Waals surface area (Å²) in [5.74, 6) is 0.814. The van der Waals surface area contributed by atoms with Gasteiger partial charge in [-0.2, -0.15) is 0 Å². The Hall–Kier alpha value is -0.360. The molecule has 5 heteroatoms. The number of hydrogen-bond donors (Lipinski definition) is 1. The minimum Gasteiger partial charge on any atom is -0.496 e. The molecule has 96 valence electrons. The van der Waals surface area contributed by atoms with E-state index in [4.69, 9.17) is 10.5 Å². The Kier molecular flexibility index (Phi) is 4.48. The SMILES string of the molecule is COc1ccc(C(N)c2cc(Br)c(C)s2)cc1Br. The molecule has 2 aromatic rings. The monoisotopic (exact) mass is 389 g/mol. The van der Waals surface area contributed by atoms with Crippen LogP contribution < -0.4 is 10.5 Å². The molecule has 1 aromatic heterocycles. The number of ether oxygens (including phenoxy) is 1. The van der Waals surface area contributed by atoms with Crippen molar-refractivity contribution in [2.45, 2.75) is 13.0 Å². The van der Waals surface area contributed by atoms with Gasteiger partial charge in [0.15, 0.2) is 0 Å². The third-order valence-corrected chi connectivity index (χ3v) is 5.56. The smallest absolute Gasteiger partial charge is 0.133 e. The molecule has 2 rings (SSSR count). The molecule has 0 saturated heterocycles. The van der Waals surface area contributed by atoms with Crippen molar-refractivity contribution in [1.82, 2.24) is 0 Å². The van der Waals surface area contributed by atoms with Crippen LogP contribution in [-0.2, 0) is 0 Å². The van der Waals surface area contributed by atoms with Crippen LogP contribution in [0, 0.1) is 6.92 Å². The molecule has 0 fully saturated rings. The van der Waals surface area contributed by atoms with Crippen LogP contribution in [0.3, 0.4) is 0 Å².